The Balaban J connectivity index is 1.97. The molecule has 0 aliphatic carbocycles. The van der Waals surface area contributed by atoms with Crippen LogP contribution in [-0.2, 0) is 20.7 Å². The van der Waals surface area contributed by atoms with Crippen molar-refractivity contribution >= 4 is 11.9 Å². The predicted molar refractivity (Wildman–Crippen MR) is 81.7 cm³/mol. The van der Waals surface area contributed by atoms with Crippen LogP contribution in [0.5, 0.6) is 0 Å². The van der Waals surface area contributed by atoms with Crippen LogP contribution in [0.4, 0.5) is 4.39 Å². The molecule has 1 aromatic carbocycles. The first-order valence-electron chi connectivity index (χ1n) is 7.21. The number of carboxylic acids is 1. The van der Waals surface area contributed by atoms with Gasteiger partial charge in [0.05, 0.1) is 12.1 Å². The van der Waals surface area contributed by atoms with E-state index in [0.29, 0.717) is 11.3 Å². The lowest BCUT2D eigenvalue weighted by Crippen LogP contribution is -2.42. The van der Waals surface area contributed by atoms with Gasteiger partial charge < -0.3 is 19.6 Å². The first-order valence-corrected chi connectivity index (χ1v) is 7.21. The van der Waals surface area contributed by atoms with E-state index in [-0.39, 0.29) is 31.2 Å². The number of carboxylic acid groups (broad SMARTS) is 1. The zero-order valence-corrected chi connectivity index (χ0v) is 13.0. The molecule has 1 atom stereocenters. The van der Waals surface area contributed by atoms with E-state index in [1.54, 1.807) is 0 Å². The standard InChI is InChI=1S/C16H17FN2O5/c1-23-7-6-13(16(21)22)19-14(20)8-12-9-24-15(18-12)10-2-4-11(17)5-3-10/h2-5,9,13H,6-8H2,1H3,(H,19,20)(H,21,22). The van der Waals surface area contributed by atoms with Gasteiger partial charge in [-0.1, -0.05) is 0 Å². The molecule has 7 nitrogen and oxygen atoms in total. The summed E-state index contributed by atoms with van der Waals surface area (Å²) in [5.41, 5.74) is 0.925. The highest BCUT2D eigenvalue weighted by atomic mass is 19.1. The van der Waals surface area contributed by atoms with Crippen molar-refractivity contribution in [2.75, 3.05) is 13.7 Å². The fourth-order valence-corrected chi connectivity index (χ4v) is 2.02. The van der Waals surface area contributed by atoms with E-state index in [4.69, 9.17) is 14.3 Å². The van der Waals surface area contributed by atoms with Crippen LogP contribution >= 0.6 is 0 Å². The molecular weight excluding hydrogens is 319 g/mol. The third-order valence-electron chi connectivity index (χ3n) is 3.23. The Kier molecular flexibility index (Phi) is 6.02. The number of carbonyl (C=O) groups excluding carboxylic acids is 1. The molecule has 0 aliphatic rings. The largest absolute Gasteiger partial charge is 0.480 e. The molecule has 24 heavy (non-hydrogen) atoms. The van der Waals surface area contributed by atoms with E-state index in [2.05, 4.69) is 10.3 Å². The highest BCUT2D eigenvalue weighted by Crippen LogP contribution is 2.19. The molecule has 1 heterocycles. The lowest BCUT2D eigenvalue weighted by Gasteiger charge is -2.13. The molecule has 0 aliphatic heterocycles. The number of rotatable bonds is 8. The number of nitrogens with one attached hydrogen (secondary N) is 1. The smallest absolute Gasteiger partial charge is 0.326 e. The normalized spacial score (nSPS) is 11.9. The van der Waals surface area contributed by atoms with Crippen molar-refractivity contribution in [3.8, 4) is 11.5 Å². The summed E-state index contributed by atoms with van der Waals surface area (Å²) in [4.78, 5) is 27.2. The van der Waals surface area contributed by atoms with Crippen molar-refractivity contribution in [2.45, 2.75) is 18.9 Å². The fraction of sp³-hybridized carbons (Fsp3) is 0.312. The SMILES string of the molecule is COCCC(NC(=O)Cc1coc(-c2ccc(F)cc2)n1)C(=O)O. The number of benzene rings is 1. The molecule has 0 bridgehead atoms. The second-order valence-electron chi connectivity index (χ2n) is 5.07. The highest BCUT2D eigenvalue weighted by Gasteiger charge is 2.20. The van der Waals surface area contributed by atoms with Gasteiger partial charge in [-0.05, 0) is 24.3 Å². The van der Waals surface area contributed by atoms with Gasteiger partial charge in [-0.2, -0.15) is 0 Å². The maximum Gasteiger partial charge on any atom is 0.326 e. The van der Waals surface area contributed by atoms with Gasteiger partial charge in [0.15, 0.2) is 0 Å². The van der Waals surface area contributed by atoms with Crippen LogP contribution < -0.4 is 5.32 Å². The molecule has 1 aromatic heterocycles. The van der Waals surface area contributed by atoms with Crippen LogP contribution in [-0.4, -0.2) is 41.7 Å². The fourth-order valence-electron chi connectivity index (χ4n) is 2.02. The number of aliphatic carboxylic acids is 1. The van der Waals surface area contributed by atoms with Crippen molar-refractivity contribution in [3.05, 3.63) is 42.0 Å². The van der Waals surface area contributed by atoms with E-state index in [9.17, 15) is 14.0 Å². The number of oxazole rings is 1. The molecule has 0 saturated carbocycles. The van der Waals surface area contributed by atoms with E-state index in [1.807, 2.05) is 0 Å². The third kappa shape index (κ3) is 4.88. The predicted octanol–water partition coefficient (Wildman–Crippen LogP) is 1.63. The van der Waals surface area contributed by atoms with Gasteiger partial charge in [-0.3, -0.25) is 4.79 Å². The minimum atomic E-state index is -1.13. The molecule has 0 saturated heterocycles. The Morgan fingerprint density at radius 3 is 2.71 bits per heavy atom. The molecule has 128 valence electrons. The number of carbonyl (C=O) groups is 2. The van der Waals surface area contributed by atoms with Gasteiger partial charge in [0.1, 0.15) is 18.1 Å². The van der Waals surface area contributed by atoms with Crippen LogP contribution in [0.3, 0.4) is 0 Å². The number of hydrogen-bond donors (Lipinski definition) is 2. The molecule has 0 radical (unpaired) electrons. The monoisotopic (exact) mass is 336 g/mol. The third-order valence-corrected chi connectivity index (χ3v) is 3.23. The van der Waals surface area contributed by atoms with Crippen LogP contribution in [0.2, 0.25) is 0 Å². The zero-order chi connectivity index (χ0) is 17.5. The van der Waals surface area contributed by atoms with Gasteiger partial charge in [0.25, 0.3) is 0 Å². The van der Waals surface area contributed by atoms with Crippen molar-refractivity contribution in [1.29, 1.82) is 0 Å². The maximum atomic E-state index is 12.9. The first kappa shape index (κ1) is 17.6. The summed E-state index contributed by atoms with van der Waals surface area (Å²) in [7, 11) is 1.45. The minimum absolute atomic E-state index is 0.124. The molecule has 1 unspecified atom stereocenters. The lowest BCUT2D eigenvalue weighted by atomic mass is 10.2. The van der Waals surface area contributed by atoms with E-state index < -0.39 is 17.9 Å². The topological polar surface area (TPSA) is 102 Å². The number of hydrogen-bond acceptors (Lipinski definition) is 5. The maximum absolute atomic E-state index is 12.9. The number of amides is 1. The quantitative estimate of drug-likeness (QED) is 0.760. The second kappa shape index (κ2) is 8.21. The number of aromatic nitrogens is 1. The number of halogens is 1. The number of ether oxygens (including phenoxy) is 1. The van der Waals surface area contributed by atoms with E-state index in [1.165, 1.54) is 37.6 Å². The number of nitrogens with zero attached hydrogens (tertiary/aromatic N) is 1. The van der Waals surface area contributed by atoms with Gasteiger partial charge in [0.2, 0.25) is 11.8 Å². The summed E-state index contributed by atoms with van der Waals surface area (Å²) in [6.45, 7) is 0.218. The summed E-state index contributed by atoms with van der Waals surface area (Å²) >= 11 is 0. The van der Waals surface area contributed by atoms with Gasteiger partial charge in [-0.25, -0.2) is 14.2 Å². The Bertz CT molecular complexity index is 699. The zero-order valence-electron chi connectivity index (χ0n) is 13.0. The Morgan fingerprint density at radius 1 is 1.38 bits per heavy atom. The molecular formula is C16H17FN2O5. The molecule has 8 heteroatoms. The Labute approximate surface area is 137 Å². The van der Waals surface area contributed by atoms with Crippen molar-refractivity contribution in [2.24, 2.45) is 0 Å². The first-order chi connectivity index (χ1) is 11.5. The number of methoxy groups -OCH3 is 1. The molecule has 0 fully saturated rings. The minimum Gasteiger partial charge on any atom is -0.480 e. The van der Waals surface area contributed by atoms with E-state index >= 15 is 0 Å². The summed E-state index contributed by atoms with van der Waals surface area (Å²) < 4.78 is 23.0. The highest BCUT2D eigenvalue weighted by molar-refractivity contribution is 5.84. The van der Waals surface area contributed by atoms with Gasteiger partial charge in [0, 0.05) is 25.7 Å². The average Bonchev–Trinajstić information content (AvgIpc) is 3.00. The molecule has 2 rings (SSSR count). The van der Waals surface area contributed by atoms with Crippen LogP contribution in [0, 0.1) is 5.82 Å². The summed E-state index contributed by atoms with van der Waals surface area (Å²) in [6.07, 6.45) is 1.35. The lowest BCUT2D eigenvalue weighted by molar-refractivity contribution is -0.142. The van der Waals surface area contributed by atoms with Crippen molar-refractivity contribution in [1.82, 2.24) is 10.3 Å². The molecule has 1 amide bonds. The van der Waals surface area contributed by atoms with Crippen LogP contribution in [0.15, 0.2) is 34.9 Å². The molecule has 2 aromatic rings. The Morgan fingerprint density at radius 2 is 2.08 bits per heavy atom. The van der Waals surface area contributed by atoms with Crippen LogP contribution in [0.1, 0.15) is 12.1 Å². The summed E-state index contributed by atoms with van der Waals surface area (Å²) in [5, 5.41) is 11.5. The average molecular weight is 336 g/mol. The molecule has 0 spiro atoms. The van der Waals surface area contributed by atoms with Crippen molar-refractivity contribution < 1.29 is 28.2 Å². The second-order valence-corrected chi connectivity index (χ2v) is 5.07. The Hall–Kier alpha value is -2.74. The molecule has 2 N–H and O–H groups in total. The van der Waals surface area contributed by atoms with Crippen LogP contribution in [0.25, 0.3) is 11.5 Å². The summed E-state index contributed by atoms with van der Waals surface area (Å²) in [5.74, 6) is -1.74. The summed E-state index contributed by atoms with van der Waals surface area (Å²) in [6, 6.07) is 4.55. The van der Waals surface area contributed by atoms with E-state index in [0.717, 1.165) is 0 Å². The van der Waals surface area contributed by atoms with Gasteiger partial charge in [-0.15, -0.1) is 0 Å². The van der Waals surface area contributed by atoms with Crippen molar-refractivity contribution in [3.63, 3.8) is 0 Å². The van der Waals surface area contributed by atoms with Gasteiger partial charge >= 0.3 is 5.97 Å².